The second kappa shape index (κ2) is 5.65. The number of nitrogens with zero attached hydrogens (tertiary/aromatic N) is 2. The van der Waals surface area contributed by atoms with Gasteiger partial charge in [0.05, 0.1) is 18.0 Å². The SMILES string of the molecule is C=CCCC(C=C)N1N=Cc2cccc(F)c2C1=C. The van der Waals surface area contributed by atoms with Crippen LogP contribution >= 0.6 is 0 Å². The Kier molecular flexibility index (Phi) is 3.95. The predicted molar refractivity (Wildman–Crippen MR) is 78.3 cm³/mol. The van der Waals surface area contributed by atoms with Gasteiger partial charge in [-0.1, -0.05) is 30.9 Å². The van der Waals surface area contributed by atoms with E-state index in [0.717, 1.165) is 18.4 Å². The number of halogens is 1. The van der Waals surface area contributed by atoms with Crippen molar-refractivity contribution in [1.82, 2.24) is 5.01 Å². The van der Waals surface area contributed by atoms with Gasteiger partial charge in [0.2, 0.25) is 0 Å². The fourth-order valence-electron chi connectivity index (χ4n) is 2.18. The molecule has 1 unspecified atom stereocenters. The molecule has 0 saturated heterocycles. The first-order chi connectivity index (χ1) is 9.19. The first kappa shape index (κ1) is 13.3. The van der Waals surface area contributed by atoms with E-state index in [1.807, 2.05) is 12.1 Å². The molecule has 0 spiro atoms. The van der Waals surface area contributed by atoms with Gasteiger partial charge in [0.25, 0.3) is 0 Å². The first-order valence-electron chi connectivity index (χ1n) is 6.23. The summed E-state index contributed by atoms with van der Waals surface area (Å²) in [4.78, 5) is 0. The summed E-state index contributed by atoms with van der Waals surface area (Å²) in [6.45, 7) is 11.5. The summed E-state index contributed by atoms with van der Waals surface area (Å²) in [5.41, 5.74) is 1.85. The lowest BCUT2D eigenvalue weighted by molar-refractivity contribution is 0.340. The highest BCUT2D eigenvalue weighted by molar-refractivity contribution is 5.90. The van der Waals surface area contributed by atoms with Crippen molar-refractivity contribution >= 4 is 11.9 Å². The van der Waals surface area contributed by atoms with Gasteiger partial charge in [0, 0.05) is 11.1 Å². The Bertz CT molecular complexity index is 546. The van der Waals surface area contributed by atoms with E-state index < -0.39 is 0 Å². The highest BCUT2D eigenvalue weighted by Crippen LogP contribution is 2.30. The van der Waals surface area contributed by atoms with E-state index in [1.165, 1.54) is 6.07 Å². The van der Waals surface area contributed by atoms with E-state index in [0.29, 0.717) is 11.3 Å². The van der Waals surface area contributed by atoms with Crippen LogP contribution in [0.15, 0.2) is 55.2 Å². The molecule has 2 nitrogen and oxygen atoms in total. The maximum atomic E-state index is 13.9. The van der Waals surface area contributed by atoms with E-state index in [1.54, 1.807) is 23.4 Å². The van der Waals surface area contributed by atoms with Crippen LogP contribution in [0.4, 0.5) is 4.39 Å². The largest absolute Gasteiger partial charge is 0.259 e. The van der Waals surface area contributed by atoms with Gasteiger partial charge < -0.3 is 0 Å². The molecule has 1 aliphatic rings. The highest BCUT2D eigenvalue weighted by Gasteiger charge is 2.24. The molecule has 3 heteroatoms. The van der Waals surface area contributed by atoms with Crippen molar-refractivity contribution in [3.8, 4) is 0 Å². The van der Waals surface area contributed by atoms with Gasteiger partial charge in [0.15, 0.2) is 0 Å². The fraction of sp³-hybridized carbons (Fsp3) is 0.188. The molecule has 0 fully saturated rings. The minimum absolute atomic E-state index is 0.00509. The van der Waals surface area contributed by atoms with Crippen LogP contribution in [-0.2, 0) is 0 Å². The minimum Gasteiger partial charge on any atom is -0.259 e. The average molecular weight is 256 g/mol. The lowest BCUT2D eigenvalue weighted by atomic mass is 10.0. The second-order valence-corrected chi connectivity index (χ2v) is 4.41. The van der Waals surface area contributed by atoms with Gasteiger partial charge in [-0.25, -0.2) is 4.39 Å². The summed E-state index contributed by atoms with van der Waals surface area (Å²) in [6.07, 6.45) is 6.99. The molecule has 1 aromatic carbocycles. The summed E-state index contributed by atoms with van der Waals surface area (Å²) in [5, 5.41) is 6.08. The molecule has 1 aromatic rings. The summed E-state index contributed by atoms with van der Waals surface area (Å²) in [6, 6.07) is 4.94. The number of benzene rings is 1. The maximum absolute atomic E-state index is 13.9. The van der Waals surface area contributed by atoms with E-state index in [-0.39, 0.29) is 11.9 Å². The Morgan fingerprint density at radius 2 is 2.16 bits per heavy atom. The third kappa shape index (κ3) is 2.50. The van der Waals surface area contributed by atoms with E-state index in [9.17, 15) is 4.39 Å². The van der Waals surface area contributed by atoms with Crippen LogP contribution in [0.3, 0.4) is 0 Å². The topological polar surface area (TPSA) is 15.6 Å². The zero-order valence-corrected chi connectivity index (χ0v) is 10.8. The van der Waals surface area contributed by atoms with Crippen LogP contribution in [0.5, 0.6) is 0 Å². The number of allylic oxidation sites excluding steroid dienone is 1. The average Bonchev–Trinajstić information content (AvgIpc) is 2.41. The Hall–Kier alpha value is -2.16. The van der Waals surface area contributed by atoms with Crippen molar-refractivity contribution in [3.05, 3.63) is 67.0 Å². The standard InChI is InChI=1S/C16H17FN2/c1-4-6-9-14(5-2)19-12(3)16-13(11-18-19)8-7-10-15(16)17/h4-5,7-8,10-11,14H,1-3,6,9H2. The van der Waals surface area contributed by atoms with Crippen LogP contribution in [0.25, 0.3) is 5.70 Å². The number of hydrogen-bond donors (Lipinski definition) is 0. The predicted octanol–water partition coefficient (Wildman–Crippen LogP) is 3.97. The molecular weight excluding hydrogens is 239 g/mol. The zero-order valence-electron chi connectivity index (χ0n) is 10.8. The van der Waals surface area contributed by atoms with Gasteiger partial charge in [-0.15, -0.1) is 13.2 Å². The number of fused-ring (bicyclic) bond motifs is 1. The molecule has 98 valence electrons. The molecular formula is C16H17FN2. The minimum atomic E-state index is -0.273. The van der Waals surface area contributed by atoms with Crippen LogP contribution in [0.1, 0.15) is 24.0 Å². The Morgan fingerprint density at radius 3 is 2.84 bits per heavy atom. The Morgan fingerprint density at radius 1 is 1.37 bits per heavy atom. The molecule has 0 N–H and O–H groups in total. The van der Waals surface area contributed by atoms with Crippen LogP contribution in [0, 0.1) is 5.82 Å². The molecule has 0 bridgehead atoms. The molecule has 0 amide bonds. The maximum Gasteiger partial charge on any atom is 0.133 e. The molecule has 0 radical (unpaired) electrons. The van der Waals surface area contributed by atoms with Gasteiger partial charge in [-0.05, 0) is 18.9 Å². The number of hydrazone groups is 1. The van der Waals surface area contributed by atoms with Crippen LogP contribution < -0.4 is 0 Å². The van der Waals surface area contributed by atoms with Crippen molar-refractivity contribution in [1.29, 1.82) is 0 Å². The van der Waals surface area contributed by atoms with Gasteiger partial charge >= 0.3 is 0 Å². The fourth-order valence-corrected chi connectivity index (χ4v) is 2.18. The van der Waals surface area contributed by atoms with E-state index >= 15 is 0 Å². The van der Waals surface area contributed by atoms with Crippen molar-refractivity contribution in [2.24, 2.45) is 5.10 Å². The number of hydrogen-bond acceptors (Lipinski definition) is 2. The van der Waals surface area contributed by atoms with E-state index in [2.05, 4.69) is 24.8 Å². The molecule has 1 atom stereocenters. The normalized spacial score (nSPS) is 15.0. The molecule has 2 rings (SSSR count). The smallest absolute Gasteiger partial charge is 0.133 e. The molecule has 19 heavy (non-hydrogen) atoms. The van der Waals surface area contributed by atoms with Crippen molar-refractivity contribution < 1.29 is 4.39 Å². The third-order valence-corrected chi connectivity index (χ3v) is 3.18. The van der Waals surface area contributed by atoms with Gasteiger partial charge in [-0.3, -0.25) is 5.01 Å². The highest BCUT2D eigenvalue weighted by atomic mass is 19.1. The van der Waals surface area contributed by atoms with Crippen molar-refractivity contribution in [2.45, 2.75) is 18.9 Å². The summed E-state index contributed by atoms with van der Waals surface area (Å²) >= 11 is 0. The monoisotopic (exact) mass is 256 g/mol. The molecule has 0 aromatic heterocycles. The molecule has 0 saturated carbocycles. The molecule has 0 aliphatic carbocycles. The summed E-state index contributed by atoms with van der Waals surface area (Å²) in [7, 11) is 0. The Labute approximate surface area is 113 Å². The van der Waals surface area contributed by atoms with Gasteiger partial charge in [0.1, 0.15) is 5.82 Å². The lowest BCUT2D eigenvalue weighted by Crippen LogP contribution is -2.30. The zero-order chi connectivity index (χ0) is 13.8. The first-order valence-corrected chi connectivity index (χ1v) is 6.23. The summed E-state index contributed by atoms with van der Waals surface area (Å²) < 4.78 is 13.9. The third-order valence-electron chi connectivity index (χ3n) is 3.18. The Balaban J connectivity index is 2.32. The van der Waals surface area contributed by atoms with Crippen LogP contribution in [0.2, 0.25) is 0 Å². The molecule has 1 heterocycles. The second-order valence-electron chi connectivity index (χ2n) is 4.41. The van der Waals surface area contributed by atoms with Crippen molar-refractivity contribution in [3.63, 3.8) is 0 Å². The lowest BCUT2D eigenvalue weighted by Gasteiger charge is -2.31. The molecule has 1 aliphatic heterocycles. The van der Waals surface area contributed by atoms with Crippen molar-refractivity contribution in [2.75, 3.05) is 0 Å². The summed E-state index contributed by atoms with van der Waals surface area (Å²) in [5.74, 6) is -0.273. The van der Waals surface area contributed by atoms with Gasteiger partial charge in [-0.2, -0.15) is 5.10 Å². The van der Waals surface area contributed by atoms with E-state index in [4.69, 9.17) is 0 Å². The van der Waals surface area contributed by atoms with Crippen LogP contribution in [-0.4, -0.2) is 17.3 Å². The number of rotatable bonds is 5. The quantitative estimate of drug-likeness (QED) is 0.728.